The van der Waals surface area contributed by atoms with Crippen molar-refractivity contribution in [2.75, 3.05) is 53.4 Å². The van der Waals surface area contributed by atoms with Gasteiger partial charge in [-0.25, -0.2) is 0 Å². The molecule has 3 nitrogen and oxygen atoms in total. The smallest absolute Gasteiger partial charge is 0.0106 e. The van der Waals surface area contributed by atoms with Crippen LogP contribution in [0.2, 0.25) is 0 Å². The molecule has 0 aromatic heterocycles. The van der Waals surface area contributed by atoms with Crippen LogP contribution in [-0.4, -0.2) is 63.2 Å². The lowest BCUT2D eigenvalue weighted by Gasteiger charge is -2.20. The number of nitrogens with zero attached hydrogens (tertiary/aromatic N) is 2. The number of nitrogens with one attached hydrogen (secondary N) is 1. The molecule has 0 saturated carbocycles. The van der Waals surface area contributed by atoms with Gasteiger partial charge in [0.2, 0.25) is 0 Å². The Morgan fingerprint density at radius 3 is 1.69 bits per heavy atom. The van der Waals surface area contributed by atoms with Crippen LogP contribution in [0.3, 0.4) is 0 Å². The minimum Gasteiger partial charge on any atom is -0.317 e. The van der Waals surface area contributed by atoms with Gasteiger partial charge < -0.3 is 15.1 Å². The highest BCUT2D eigenvalue weighted by atomic mass is 15.2. The van der Waals surface area contributed by atoms with Crippen molar-refractivity contribution in [1.82, 2.24) is 15.1 Å². The summed E-state index contributed by atoms with van der Waals surface area (Å²) in [5.41, 5.74) is 0. The first kappa shape index (κ1) is 11.0. The van der Waals surface area contributed by atoms with Gasteiger partial charge in [0.15, 0.2) is 0 Å². The van der Waals surface area contributed by atoms with E-state index in [1.807, 2.05) is 0 Å². The SMILES string of the molecule is CN1CCCNCCCN(C)CC1. The van der Waals surface area contributed by atoms with Gasteiger partial charge in [-0.3, -0.25) is 0 Å². The third kappa shape index (κ3) is 5.24. The molecule has 0 amide bonds. The molecule has 0 unspecified atom stereocenters. The molecule has 13 heavy (non-hydrogen) atoms. The summed E-state index contributed by atoms with van der Waals surface area (Å²) in [7, 11) is 4.43. The van der Waals surface area contributed by atoms with Crippen LogP contribution in [0.1, 0.15) is 12.8 Å². The van der Waals surface area contributed by atoms with E-state index in [0.717, 1.165) is 0 Å². The highest BCUT2D eigenvalue weighted by molar-refractivity contribution is 4.61. The molecular formula is C10H23N3. The molecule has 1 fully saturated rings. The van der Waals surface area contributed by atoms with Gasteiger partial charge >= 0.3 is 0 Å². The van der Waals surface area contributed by atoms with Gasteiger partial charge in [0, 0.05) is 13.1 Å². The van der Waals surface area contributed by atoms with Crippen molar-refractivity contribution in [2.45, 2.75) is 12.8 Å². The number of hydrogen-bond acceptors (Lipinski definition) is 3. The molecule has 1 heterocycles. The predicted octanol–water partition coefficient (Wildman–Crippen LogP) is 0.233. The molecule has 78 valence electrons. The van der Waals surface area contributed by atoms with Crippen molar-refractivity contribution in [2.24, 2.45) is 0 Å². The Bertz CT molecular complexity index is 113. The van der Waals surface area contributed by atoms with Gasteiger partial charge in [-0.15, -0.1) is 0 Å². The second kappa shape index (κ2) is 6.35. The monoisotopic (exact) mass is 185 g/mol. The first-order valence-corrected chi connectivity index (χ1v) is 5.37. The van der Waals surface area contributed by atoms with Gasteiger partial charge in [-0.1, -0.05) is 0 Å². The van der Waals surface area contributed by atoms with Gasteiger partial charge in [0.25, 0.3) is 0 Å². The fraction of sp³-hybridized carbons (Fsp3) is 1.00. The van der Waals surface area contributed by atoms with Crippen molar-refractivity contribution >= 4 is 0 Å². The van der Waals surface area contributed by atoms with Crippen molar-refractivity contribution < 1.29 is 0 Å². The van der Waals surface area contributed by atoms with Crippen LogP contribution in [-0.2, 0) is 0 Å². The molecule has 1 aliphatic rings. The van der Waals surface area contributed by atoms with Crippen LogP contribution in [0.4, 0.5) is 0 Å². The van der Waals surface area contributed by atoms with E-state index in [9.17, 15) is 0 Å². The van der Waals surface area contributed by atoms with E-state index in [2.05, 4.69) is 29.2 Å². The summed E-state index contributed by atoms with van der Waals surface area (Å²) in [5.74, 6) is 0. The third-order valence-corrected chi connectivity index (χ3v) is 2.65. The van der Waals surface area contributed by atoms with Crippen LogP contribution < -0.4 is 5.32 Å². The standard InChI is InChI=1S/C10H23N3/c1-12-7-3-5-11-6-4-8-13(2)10-9-12/h11H,3-10H2,1-2H3. The van der Waals surface area contributed by atoms with Crippen LogP contribution >= 0.6 is 0 Å². The molecule has 1 rings (SSSR count). The van der Waals surface area contributed by atoms with Crippen molar-refractivity contribution in [1.29, 1.82) is 0 Å². The van der Waals surface area contributed by atoms with E-state index in [-0.39, 0.29) is 0 Å². The molecule has 1 aliphatic heterocycles. The fourth-order valence-electron chi connectivity index (χ4n) is 1.64. The first-order valence-electron chi connectivity index (χ1n) is 5.37. The normalized spacial score (nSPS) is 25.4. The molecule has 0 atom stereocenters. The molecular weight excluding hydrogens is 162 g/mol. The Balaban J connectivity index is 2.24. The number of hydrogen-bond donors (Lipinski definition) is 1. The van der Waals surface area contributed by atoms with Gasteiger partial charge in [-0.05, 0) is 53.1 Å². The van der Waals surface area contributed by atoms with Crippen molar-refractivity contribution in [3.63, 3.8) is 0 Å². The maximum absolute atomic E-state index is 3.47. The minimum atomic E-state index is 1.17. The lowest BCUT2D eigenvalue weighted by atomic mass is 10.3. The Labute approximate surface area is 82.1 Å². The molecule has 1 N–H and O–H groups in total. The number of rotatable bonds is 0. The quantitative estimate of drug-likeness (QED) is 0.583. The highest BCUT2D eigenvalue weighted by Crippen LogP contribution is 1.92. The molecule has 0 spiro atoms. The molecule has 0 bridgehead atoms. The summed E-state index contributed by atoms with van der Waals surface area (Å²) in [6.45, 7) is 7.21. The van der Waals surface area contributed by atoms with Gasteiger partial charge in [-0.2, -0.15) is 0 Å². The molecule has 0 aliphatic carbocycles. The Morgan fingerprint density at radius 2 is 1.23 bits per heavy atom. The van der Waals surface area contributed by atoms with Crippen LogP contribution in [0.5, 0.6) is 0 Å². The van der Waals surface area contributed by atoms with Crippen molar-refractivity contribution in [3.05, 3.63) is 0 Å². The molecule has 0 radical (unpaired) electrons. The van der Waals surface area contributed by atoms with Gasteiger partial charge in [0.1, 0.15) is 0 Å². The Morgan fingerprint density at radius 1 is 0.769 bits per heavy atom. The highest BCUT2D eigenvalue weighted by Gasteiger charge is 2.03. The molecule has 0 aromatic carbocycles. The molecule has 3 heteroatoms. The maximum atomic E-state index is 3.47. The summed E-state index contributed by atoms with van der Waals surface area (Å²) in [6.07, 6.45) is 2.56. The zero-order valence-corrected chi connectivity index (χ0v) is 9.05. The average Bonchev–Trinajstić information content (AvgIpc) is 2.15. The van der Waals surface area contributed by atoms with Crippen LogP contribution in [0, 0.1) is 0 Å². The average molecular weight is 185 g/mol. The predicted molar refractivity (Wildman–Crippen MR) is 57.1 cm³/mol. The second-order valence-corrected chi connectivity index (χ2v) is 4.06. The fourth-order valence-corrected chi connectivity index (χ4v) is 1.64. The van der Waals surface area contributed by atoms with E-state index < -0.39 is 0 Å². The first-order chi connectivity index (χ1) is 6.29. The van der Waals surface area contributed by atoms with Crippen molar-refractivity contribution in [3.8, 4) is 0 Å². The summed E-state index contributed by atoms with van der Waals surface area (Å²) in [4.78, 5) is 4.84. The maximum Gasteiger partial charge on any atom is 0.0106 e. The second-order valence-electron chi connectivity index (χ2n) is 4.06. The number of likely N-dealkylation sites (N-methyl/N-ethyl adjacent to an activating group) is 2. The zero-order chi connectivity index (χ0) is 9.52. The lowest BCUT2D eigenvalue weighted by Crippen LogP contribution is -2.31. The summed E-state index contributed by atoms with van der Waals surface area (Å²) in [5, 5.41) is 3.47. The molecule has 0 aromatic rings. The topological polar surface area (TPSA) is 18.5 Å². The minimum absolute atomic E-state index is 1.17. The van der Waals surface area contributed by atoms with E-state index >= 15 is 0 Å². The Hall–Kier alpha value is -0.120. The summed E-state index contributed by atoms with van der Waals surface area (Å²) < 4.78 is 0. The van der Waals surface area contributed by atoms with Gasteiger partial charge in [0.05, 0.1) is 0 Å². The third-order valence-electron chi connectivity index (χ3n) is 2.65. The van der Waals surface area contributed by atoms with E-state index in [1.165, 1.54) is 52.1 Å². The van der Waals surface area contributed by atoms with Crippen LogP contribution in [0.25, 0.3) is 0 Å². The Kier molecular flexibility index (Phi) is 5.35. The lowest BCUT2D eigenvalue weighted by molar-refractivity contribution is 0.259. The van der Waals surface area contributed by atoms with E-state index in [1.54, 1.807) is 0 Å². The van der Waals surface area contributed by atoms with E-state index in [4.69, 9.17) is 0 Å². The summed E-state index contributed by atoms with van der Waals surface area (Å²) >= 11 is 0. The van der Waals surface area contributed by atoms with E-state index in [0.29, 0.717) is 0 Å². The molecule has 1 saturated heterocycles. The largest absolute Gasteiger partial charge is 0.317 e. The van der Waals surface area contributed by atoms with Crippen LogP contribution in [0.15, 0.2) is 0 Å². The zero-order valence-electron chi connectivity index (χ0n) is 9.05. The summed E-state index contributed by atoms with van der Waals surface area (Å²) in [6, 6.07) is 0.